The van der Waals surface area contributed by atoms with Crippen LogP contribution in [-0.4, -0.2) is 18.1 Å². The molecule has 1 saturated heterocycles. The average molecular weight is 357 g/mol. The molecular formula is C23H29ClO. The number of halogens is 1. The maximum absolute atomic E-state index is 6.80. The average Bonchev–Trinajstić information content (AvgIpc) is 2.66. The van der Waals surface area contributed by atoms with E-state index in [1.165, 1.54) is 30.4 Å². The van der Waals surface area contributed by atoms with Gasteiger partial charge in [0.1, 0.15) is 0 Å². The highest BCUT2D eigenvalue weighted by atomic mass is 35.5. The molecule has 0 aliphatic carbocycles. The van der Waals surface area contributed by atoms with E-state index >= 15 is 0 Å². The Morgan fingerprint density at radius 1 is 0.960 bits per heavy atom. The second kappa shape index (κ2) is 9.40. The standard InChI is InChI=1S/C23H29ClO/c1-2-3-6-15-20-21(24)16-17-25-23(20)22(18-11-7-4-8-12-18)19-13-9-5-10-14-19/h4-5,7-14,20-23H,2-3,6,15-17H2,1H3/t20-,21-,23+/m1/s1. The van der Waals surface area contributed by atoms with Crippen molar-refractivity contribution < 1.29 is 4.74 Å². The summed E-state index contributed by atoms with van der Waals surface area (Å²) in [7, 11) is 0. The van der Waals surface area contributed by atoms with Gasteiger partial charge in [-0.05, 0) is 24.0 Å². The van der Waals surface area contributed by atoms with Crippen molar-refractivity contribution in [3.05, 3.63) is 71.8 Å². The zero-order chi connectivity index (χ0) is 17.5. The van der Waals surface area contributed by atoms with Gasteiger partial charge in [0, 0.05) is 23.8 Å². The largest absolute Gasteiger partial charge is 0.377 e. The molecule has 0 spiro atoms. The van der Waals surface area contributed by atoms with Crippen molar-refractivity contribution in [1.29, 1.82) is 0 Å². The van der Waals surface area contributed by atoms with Crippen LogP contribution < -0.4 is 0 Å². The Bertz CT molecular complexity index is 573. The molecule has 0 aromatic heterocycles. The van der Waals surface area contributed by atoms with E-state index in [2.05, 4.69) is 67.6 Å². The number of benzene rings is 2. The number of ether oxygens (including phenoxy) is 1. The van der Waals surface area contributed by atoms with Gasteiger partial charge in [-0.1, -0.05) is 86.8 Å². The lowest BCUT2D eigenvalue weighted by Gasteiger charge is -2.40. The van der Waals surface area contributed by atoms with Crippen molar-refractivity contribution >= 4 is 11.6 Å². The second-order valence-electron chi connectivity index (χ2n) is 7.10. The molecule has 2 heteroatoms. The summed E-state index contributed by atoms with van der Waals surface area (Å²) in [4.78, 5) is 0. The molecular weight excluding hydrogens is 328 g/mol. The topological polar surface area (TPSA) is 9.23 Å². The fourth-order valence-corrected chi connectivity index (χ4v) is 4.43. The zero-order valence-corrected chi connectivity index (χ0v) is 15.9. The lowest BCUT2D eigenvalue weighted by atomic mass is 9.76. The monoisotopic (exact) mass is 356 g/mol. The van der Waals surface area contributed by atoms with Crippen LogP contribution in [0.15, 0.2) is 60.7 Å². The molecule has 1 fully saturated rings. The molecule has 2 aromatic rings. The normalized spacial score (nSPS) is 23.7. The summed E-state index contributed by atoms with van der Waals surface area (Å²) in [5.74, 6) is 0.656. The molecule has 0 N–H and O–H groups in total. The third-order valence-electron chi connectivity index (χ3n) is 5.38. The molecule has 134 valence electrons. The minimum atomic E-state index is 0.151. The summed E-state index contributed by atoms with van der Waals surface area (Å²) in [5.41, 5.74) is 2.65. The zero-order valence-electron chi connectivity index (χ0n) is 15.1. The lowest BCUT2D eigenvalue weighted by molar-refractivity contribution is -0.0361. The number of alkyl halides is 1. The summed E-state index contributed by atoms with van der Waals surface area (Å²) in [6.07, 6.45) is 6.02. The van der Waals surface area contributed by atoms with Crippen LogP contribution >= 0.6 is 11.6 Å². The van der Waals surface area contributed by atoms with Crippen LogP contribution in [0.3, 0.4) is 0 Å². The first kappa shape index (κ1) is 18.5. The summed E-state index contributed by atoms with van der Waals surface area (Å²) < 4.78 is 6.38. The number of rotatable bonds is 7. The highest BCUT2D eigenvalue weighted by Gasteiger charge is 2.38. The fourth-order valence-electron chi connectivity index (χ4n) is 4.07. The SMILES string of the molecule is CCCCC[C@@H]1[C@H](Cl)CCO[C@@H]1C(c1ccccc1)c1ccccc1. The van der Waals surface area contributed by atoms with Crippen molar-refractivity contribution in [1.82, 2.24) is 0 Å². The number of hydrogen-bond donors (Lipinski definition) is 0. The van der Waals surface area contributed by atoms with Gasteiger partial charge in [-0.3, -0.25) is 0 Å². The first-order valence-electron chi connectivity index (χ1n) is 9.66. The smallest absolute Gasteiger partial charge is 0.0726 e. The molecule has 3 atom stereocenters. The van der Waals surface area contributed by atoms with Gasteiger partial charge in [0.05, 0.1) is 6.10 Å². The van der Waals surface area contributed by atoms with Crippen molar-refractivity contribution in [2.75, 3.05) is 6.61 Å². The summed E-state index contributed by atoms with van der Waals surface area (Å²) in [6, 6.07) is 21.5. The molecule has 0 radical (unpaired) electrons. The van der Waals surface area contributed by atoms with E-state index in [0.717, 1.165) is 19.4 Å². The molecule has 0 saturated carbocycles. The Kier molecular flexibility index (Phi) is 6.95. The Morgan fingerprint density at radius 3 is 2.12 bits per heavy atom. The minimum Gasteiger partial charge on any atom is -0.377 e. The Labute approximate surface area is 157 Å². The summed E-state index contributed by atoms with van der Waals surface area (Å²) in [5, 5.41) is 0.213. The van der Waals surface area contributed by atoms with Crippen LogP contribution in [0.25, 0.3) is 0 Å². The first-order chi connectivity index (χ1) is 12.3. The van der Waals surface area contributed by atoms with Crippen molar-refractivity contribution in [2.45, 2.75) is 56.4 Å². The van der Waals surface area contributed by atoms with Gasteiger partial charge >= 0.3 is 0 Å². The van der Waals surface area contributed by atoms with Crippen LogP contribution in [0.2, 0.25) is 0 Å². The molecule has 1 aliphatic heterocycles. The van der Waals surface area contributed by atoms with Gasteiger partial charge in [0.15, 0.2) is 0 Å². The van der Waals surface area contributed by atoms with E-state index in [-0.39, 0.29) is 17.4 Å². The third kappa shape index (κ3) is 4.65. The Morgan fingerprint density at radius 2 is 1.56 bits per heavy atom. The van der Waals surface area contributed by atoms with Crippen LogP contribution in [-0.2, 0) is 4.74 Å². The van der Waals surface area contributed by atoms with Gasteiger partial charge in [-0.25, -0.2) is 0 Å². The second-order valence-corrected chi connectivity index (χ2v) is 7.66. The quantitative estimate of drug-likeness (QED) is 0.411. The molecule has 1 aliphatic rings. The minimum absolute atomic E-state index is 0.151. The van der Waals surface area contributed by atoms with E-state index in [4.69, 9.17) is 16.3 Å². The fraction of sp³-hybridized carbons (Fsp3) is 0.478. The predicted molar refractivity (Wildman–Crippen MR) is 106 cm³/mol. The molecule has 2 aromatic carbocycles. The highest BCUT2D eigenvalue weighted by molar-refractivity contribution is 6.20. The van der Waals surface area contributed by atoms with Gasteiger partial charge < -0.3 is 4.74 Å². The molecule has 3 rings (SSSR count). The van der Waals surface area contributed by atoms with Crippen molar-refractivity contribution in [2.24, 2.45) is 5.92 Å². The predicted octanol–water partition coefficient (Wildman–Crippen LogP) is 6.41. The molecule has 0 amide bonds. The van der Waals surface area contributed by atoms with Gasteiger partial charge in [-0.2, -0.15) is 0 Å². The summed E-state index contributed by atoms with van der Waals surface area (Å²) in [6.45, 7) is 3.02. The van der Waals surface area contributed by atoms with Crippen molar-refractivity contribution in [3.8, 4) is 0 Å². The van der Waals surface area contributed by atoms with E-state index in [1.54, 1.807) is 0 Å². The van der Waals surface area contributed by atoms with E-state index in [1.807, 2.05) is 0 Å². The van der Waals surface area contributed by atoms with Crippen LogP contribution in [0.5, 0.6) is 0 Å². The highest BCUT2D eigenvalue weighted by Crippen LogP contribution is 2.41. The van der Waals surface area contributed by atoms with E-state index < -0.39 is 0 Å². The van der Waals surface area contributed by atoms with Gasteiger partial charge in [0.25, 0.3) is 0 Å². The van der Waals surface area contributed by atoms with Crippen LogP contribution in [0, 0.1) is 5.92 Å². The molecule has 1 nitrogen and oxygen atoms in total. The lowest BCUT2D eigenvalue weighted by Crippen LogP contribution is -2.41. The van der Waals surface area contributed by atoms with Gasteiger partial charge in [0.2, 0.25) is 0 Å². The Balaban J connectivity index is 1.92. The van der Waals surface area contributed by atoms with Crippen LogP contribution in [0.1, 0.15) is 56.1 Å². The van der Waals surface area contributed by atoms with E-state index in [9.17, 15) is 0 Å². The van der Waals surface area contributed by atoms with Gasteiger partial charge in [-0.15, -0.1) is 11.6 Å². The summed E-state index contributed by atoms with van der Waals surface area (Å²) >= 11 is 6.80. The van der Waals surface area contributed by atoms with Crippen molar-refractivity contribution in [3.63, 3.8) is 0 Å². The molecule has 0 bridgehead atoms. The Hall–Kier alpha value is -1.31. The number of hydrogen-bond acceptors (Lipinski definition) is 1. The van der Waals surface area contributed by atoms with E-state index in [0.29, 0.717) is 5.92 Å². The first-order valence-corrected chi connectivity index (χ1v) is 10.1. The molecule has 0 unspecified atom stereocenters. The molecule has 1 heterocycles. The third-order valence-corrected chi connectivity index (χ3v) is 5.92. The molecule has 25 heavy (non-hydrogen) atoms. The van der Waals surface area contributed by atoms with Crippen LogP contribution in [0.4, 0.5) is 0 Å². The maximum atomic E-state index is 6.80. The maximum Gasteiger partial charge on any atom is 0.0726 e. The number of unbranched alkanes of at least 4 members (excludes halogenated alkanes) is 2.